The highest BCUT2D eigenvalue weighted by molar-refractivity contribution is 4.37. The van der Waals surface area contributed by atoms with Crippen LogP contribution in [0.2, 0.25) is 0 Å². The molecule has 4 heteroatoms. The molecule has 4 nitrogen and oxygen atoms in total. The van der Waals surface area contributed by atoms with Crippen LogP contribution in [0.4, 0.5) is 0 Å². The molecule has 0 saturated heterocycles. The molecule has 0 radical (unpaired) electrons. The van der Waals surface area contributed by atoms with E-state index >= 15 is 0 Å². The van der Waals surface area contributed by atoms with Gasteiger partial charge in [-0.25, -0.2) is 0 Å². The number of hydroxylamine groups is 3. The summed E-state index contributed by atoms with van der Waals surface area (Å²) in [6.45, 7) is 4.08. The lowest BCUT2D eigenvalue weighted by atomic mass is 10.2. The van der Waals surface area contributed by atoms with Gasteiger partial charge in [-0.2, -0.15) is 10.0 Å². The fourth-order valence-corrected chi connectivity index (χ4v) is 0.827. The first-order valence-corrected chi connectivity index (χ1v) is 4.58. The van der Waals surface area contributed by atoms with Gasteiger partial charge in [-0.15, -0.1) is 0 Å². The van der Waals surface area contributed by atoms with E-state index in [0.717, 1.165) is 25.7 Å². The van der Waals surface area contributed by atoms with Gasteiger partial charge in [0.2, 0.25) is 0 Å². The zero-order chi connectivity index (χ0) is 9.45. The van der Waals surface area contributed by atoms with Crippen molar-refractivity contribution >= 4 is 0 Å². The number of nitrogens with zero attached hydrogens (tertiary/aromatic N) is 1. The number of hydrogen-bond acceptors (Lipinski definition) is 3. The topological polar surface area (TPSA) is 52.5 Å². The molecule has 0 rings (SSSR count). The van der Waals surface area contributed by atoms with Gasteiger partial charge in [0.15, 0.2) is 0 Å². The Bertz CT molecular complexity index is 106. The van der Waals surface area contributed by atoms with E-state index in [-0.39, 0.29) is 6.54 Å². The first-order valence-electron chi connectivity index (χ1n) is 4.58. The lowest BCUT2D eigenvalue weighted by molar-refractivity contribution is -1.21. The predicted octanol–water partition coefficient (Wildman–Crippen LogP) is 2.22. The van der Waals surface area contributed by atoms with Crippen LogP contribution >= 0.6 is 0 Å². The monoisotopic (exact) mass is 177 g/mol. The minimum absolute atomic E-state index is 0.0355. The molecule has 0 aliphatic heterocycles. The van der Waals surface area contributed by atoms with Gasteiger partial charge < -0.3 is 5.21 Å². The van der Waals surface area contributed by atoms with Gasteiger partial charge in [0.25, 0.3) is 0 Å². The molecule has 0 aromatic rings. The number of quaternary nitrogens is 1. The van der Waals surface area contributed by atoms with E-state index in [1.165, 1.54) is 0 Å². The zero-order valence-corrected chi connectivity index (χ0v) is 7.95. The fraction of sp³-hybridized carbons (Fsp3) is 1.00. The lowest BCUT2D eigenvalue weighted by Crippen LogP contribution is -2.38. The number of unbranched alkanes of at least 4 members (excludes halogenated alkanes) is 3. The third-order valence-electron chi connectivity index (χ3n) is 1.69. The van der Waals surface area contributed by atoms with Crippen LogP contribution in [0, 0.1) is 5.21 Å². The smallest absolute Gasteiger partial charge is 0.139 e. The average Bonchev–Trinajstić information content (AvgIpc) is 2.04. The van der Waals surface area contributed by atoms with E-state index in [1.54, 1.807) is 6.92 Å². The Morgan fingerprint density at radius 2 is 1.92 bits per heavy atom. The quantitative estimate of drug-likeness (QED) is 0.368. The Morgan fingerprint density at radius 1 is 1.25 bits per heavy atom. The van der Waals surface area contributed by atoms with E-state index in [0.29, 0.717) is 6.61 Å². The molecular formula is C8H19NO3. The summed E-state index contributed by atoms with van der Waals surface area (Å²) >= 11 is 0. The van der Waals surface area contributed by atoms with Crippen molar-refractivity contribution in [1.82, 2.24) is 0 Å². The van der Waals surface area contributed by atoms with Crippen molar-refractivity contribution in [2.75, 3.05) is 13.2 Å². The van der Waals surface area contributed by atoms with Crippen LogP contribution in [0.3, 0.4) is 0 Å². The van der Waals surface area contributed by atoms with Gasteiger partial charge in [0, 0.05) is 0 Å². The summed E-state index contributed by atoms with van der Waals surface area (Å²) in [5.74, 6) is 0. The summed E-state index contributed by atoms with van der Waals surface area (Å²) in [5.41, 5.74) is 0. The molecule has 1 N–H and O–H groups in total. The maximum absolute atomic E-state index is 10.8. The Labute approximate surface area is 73.8 Å². The summed E-state index contributed by atoms with van der Waals surface area (Å²) in [6, 6.07) is 0. The Balaban J connectivity index is 3.19. The molecular weight excluding hydrogens is 158 g/mol. The van der Waals surface area contributed by atoms with Gasteiger partial charge in [-0.05, 0) is 13.3 Å². The van der Waals surface area contributed by atoms with E-state index in [9.17, 15) is 5.21 Å². The standard InChI is InChI=1S/C8H19NO3/c1-3-5-6-7-8-12-9(10,11)4-2/h10H,3-8H2,1-2H3. The van der Waals surface area contributed by atoms with Crippen molar-refractivity contribution in [2.45, 2.75) is 39.5 Å². The molecule has 0 bridgehead atoms. The van der Waals surface area contributed by atoms with Crippen molar-refractivity contribution in [2.24, 2.45) is 0 Å². The lowest BCUT2D eigenvalue weighted by Gasteiger charge is -2.28. The molecule has 1 unspecified atom stereocenters. The highest BCUT2D eigenvalue weighted by atomic mass is 17.1. The normalized spacial score (nSPS) is 16.0. The van der Waals surface area contributed by atoms with Crippen LogP contribution in [0.25, 0.3) is 0 Å². The van der Waals surface area contributed by atoms with Crippen LogP contribution in [-0.2, 0) is 4.84 Å². The molecule has 0 heterocycles. The highest BCUT2D eigenvalue weighted by Crippen LogP contribution is 2.03. The third-order valence-corrected chi connectivity index (χ3v) is 1.69. The second-order valence-electron chi connectivity index (χ2n) is 2.85. The fourth-order valence-electron chi connectivity index (χ4n) is 0.827. The molecule has 0 saturated carbocycles. The highest BCUT2D eigenvalue weighted by Gasteiger charge is 2.10. The molecule has 0 spiro atoms. The predicted molar refractivity (Wildman–Crippen MR) is 46.0 cm³/mol. The number of rotatable bonds is 7. The molecule has 0 aromatic carbocycles. The minimum Gasteiger partial charge on any atom is -0.564 e. The van der Waals surface area contributed by atoms with Crippen LogP contribution in [0.5, 0.6) is 0 Å². The van der Waals surface area contributed by atoms with Crippen molar-refractivity contribution in [3.05, 3.63) is 5.21 Å². The summed E-state index contributed by atoms with van der Waals surface area (Å²) in [6.07, 6.45) is 4.21. The van der Waals surface area contributed by atoms with Gasteiger partial charge in [-0.1, -0.05) is 31.2 Å². The minimum atomic E-state index is -1.56. The third kappa shape index (κ3) is 6.54. The largest absolute Gasteiger partial charge is 0.564 e. The molecule has 0 fully saturated rings. The second-order valence-corrected chi connectivity index (χ2v) is 2.85. The summed E-state index contributed by atoms with van der Waals surface area (Å²) in [7, 11) is 0. The van der Waals surface area contributed by atoms with E-state index in [1.807, 2.05) is 0 Å². The molecule has 12 heavy (non-hydrogen) atoms. The first-order chi connectivity index (χ1) is 5.62. The average molecular weight is 177 g/mol. The molecule has 0 aromatic heterocycles. The van der Waals surface area contributed by atoms with Crippen LogP contribution in [-0.4, -0.2) is 23.3 Å². The molecule has 0 aliphatic carbocycles. The van der Waals surface area contributed by atoms with Gasteiger partial charge in [-0.3, -0.25) is 0 Å². The van der Waals surface area contributed by atoms with Crippen LogP contribution in [0.1, 0.15) is 39.5 Å². The molecule has 74 valence electrons. The Hall–Kier alpha value is -0.160. The van der Waals surface area contributed by atoms with Gasteiger partial charge in [0.05, 0.1) is 0 Å². The molecule has 0 amide bonds. The maximum Gasteiger partial charge on any atom is 0.139 e. The summed E-state index contributed by atoms with van der Waals surface area (Å²) in [5, 5.41) is 19.6. The SMILES string of the molecule is CCCCCCO[N+]([O-])(O)CC. The Kier molecular flexibility index (Phi) is 6.28. The maximum atomic E-state index is 10.8. The van der Waals surface area contributed by atoms with Gasteiger partial charge >= 0.3 is 0 Å². The van der Waals surface area contributed by atoms with E-state index in [2.05, 4.69) is 11.8 Å². The molecule has 0 aliphatic rings. The van der Waals surface area contributed by atoms with E-state index < -0.39 is 4.97 Å². The van der Waals surface area contributed by atoms with Gasteiger partial charge in [0.1, 0.15) is 13.2 Å². The Morgan fingerprint density at radius 3 is 2.42 bits per heavy atom. The van der Waals surface area contributed by atoms with Crippen molar-refractivity contribution in [3.8, 4) is 0 Å². The van der Waals surface area contributed by atoms with Crippen molar-refractivity contribution < 1.29 is 15.0 Å². The number of hydrogen-bond donors (Lipinski definition) is 1. The summed E-state index contributed by atoms with van der Waals surface area (Å²) in [4.78, 5) is 3.10. The van der Waals surface area contributed by atoms with Crippen LogP contribution < -0.4 is 0 Å². The van der Waals surface area contributed by atoms with Crippen molar-refractivity contribution in [1.29, 1.82) is 0 Å². The van der Waals surface area contributed by atoms with Crippen LogP contribution in [0.15, 0.2) is 0 Å². The second kappa shape index (κ2) is 6.37. The summed E-state index contributed by atoms with van der Waals surface area (Å²) < 4.78 is 0. The molecule has 1 atom stereocenters. The van der Waals surface area contributed by atoms with E-state index in [4.69, 9.17) is 5.21 Å². The first kappa shape index (κ1) is 11.8. The van der Waals surface area contributed by atoms with Crippen molar-refractivity contribution in [3.63, 3.8) is 0 Å². The zero-order valence-electron chi connectivity index (χ0n) is 7.95.